The van der Waals surface area contributed by atoms with E-state index in [-0.39, 0.29) is 12.5 Å². The molecular formula is C20H22N2O4. The van der Waals surface area contributed by atoms with Crippen molar-refractivity contribution in [3.63, 3.8) is 0 Å². The molecule has 1 aliphatic heterocycles. The summed E-state index contributed by atoms with van der Waals surface area (Å²) in [6.07, 6.45) is 0.977. The van der Waals surface area contributed by atoms with Crippen molar-refractivity contribution in [2.24, 2.45) is 0 Å². The highest BCUT2D eigenvalue weighted by atomic mass is 16.5. The average molecular weight is 354 g/mol. The molecule has 0 fully saturated rings. The molecule has 6 heteroatoms. The number of hydrogen-bond donors (Lipinski definition) is 1. The van der Waals surface area contributed by atoms with Crippen LogP contribution >= 0.6 is 0 Å². The van der Waals surface area contributed by atoms with Crippen molar-refractivity contribution in [2.45, 2.75) is 13.0 Å². The quantitative estimate of drug-likeness (QED) is 0.825. The Hall–Kier alpha value is -3.02. The van der Waals surface area contributed by atoms with Crippen molar-refractivity contribution >= 4 is 17.6 Å². The highest BCUT2D eigenvalue weighted by Gasteiger charge is 2.22. The van der Waals surface area contributed by atoms with Gasteiger partial charge in [-0.25, -0.2) is 4.79 Å². The number of fused-ring (bicyclic) bond motifs is 1. The van der Waals surface area contributed by atoms with E-state index in [1.165, 1.54) is 5.56 Å². The van der Waals surface area contributed by atoms with Crippen molar-refractivity contribution < 1.29 is 19.4 Å². The van der Waals surface area contributed by atoms with E-state index in [0.29, 0.717) is 18.8 Å². The van der Waals surface area contributed by atoms with Crippen LogP contribution in [0.15, 0.2) is 48.5 Å². The fourth-order valence-electron chi connectivity index (χ4n) is 3.05. The second kappa shape index (κ2) is 7.91. The van der Waals surface area contributed by atoms with Gasteiger partial charge in [0, 0.05) is 25.8 Å². The standard InChI is InChI=1S/C20H22N2O4/c1-21(12-15-6-8-17(9-7-15)26-14-20(24)25)19(23)13-22-11-10-16-4-2-3-5-18(16)22/h2-9H,10-14H2,1H3,(H,24,25). The molecule has 3 rings (SSSR count). The Labute approximate surface area is 152 Å². The molecule has 0 saturated heterocycles. The summed E-state index contributed by atoms with van der Waals surface area (Å²) in [6.45, 7) is 1.37. The van der Waals surface area contributed by atoms with Crippen LogP contribution in [0.2, 0.25) is 0 Å². The van der Waals surface area contributed by atoms with Crippen molar-refractivity contribution in [3.05, 3.63) is 59.7 Å². The van der Waals surface area contributed by atoms with Crippen molar-refractivity contribution in [3.8, 4) is 5.75 Å². The predicted molar refractivity (Wildman–Crippen MR) is 98.4 cm³/mol. The number of aliphatic carboxylic acids is 1. The molecule has 0 bridgehead atoms. The largest absolute Gasteiger partial charge is 0.482 e. The van der Waals surface area contributed by atoms with Crippen LogP contribution in [0.3, 0.4) is 0 Å². The first-order valence-electron chi connectivity index (χ1n) is 8.53. The minimum absolute atomic E-state index is 0.0629. The molecule has 1 heterocycles. The minimum Gasteiger partial charge on any atom is -0.482 e. The maximum atomic E-state index is 12.6. The van der Waals surface area contributed by atoms with Crippen LogP contribution in [-0.2, 0) is 22.6 Å². The molecule has 0 unspecified atom stereocenters. The number of hydrogen-bond acceptors (Lipinski definition) is 4. The Balaban J connectivity index is 1.54. The Morgan fingerprint density at radius 1 is 1.15 bits per heavy atom. The van der Waals surface area contributed by atoms with E-state index in [1.807, 2.05) is 24.3 Å². The number of para-hydroxylation sites is 1. The molecule has 0 aromatic heterocycles. The van der Waals surface area contributed by atoms with E-state index in [4.69, 9.17) is 9.84 Å². The number of carboxylic acid groups (broad SMARTS) is 1. The molecule has 26 heavy (non-hydrogen) atoms. The van der Waals surface area contributed by atoms with Crippen molar-refractivity contribution in [1.29, 1.82) is 0 Å². The third-order valence-electron chi connectivity index (χ3n) is 4.44. The van der Waals surface area contributed by atoms with Crippen LogP contribution in [0.4, 0.5) is 5.69 Å². The topological polar surface area (TPSA) is 70.1 Å². The van der Waals surface area contributed by atoms with Gasteiger partial charge in [0.25, 0.3) is 0 Å². The first-order chi connectivity index (χ1) is 12.5. The Morgan fingerprint density at radius 3 is 2.62 bits per heavy atom. The summed E-state index contributed by atoms with van der Waals surface area (Å²) >= 11 is 0. The van der Waals surface area contributed by atoms with Gasteiger partial charge in [0.05, 0.1) is 6.54 Å². The summed E-state index contributed by atoms with van der Waals surface area (Å²) in [5.41, 5.74) is 3.40. The molecular weight excluding hydrogens is 332 g/mol. The van der Waals surface area contributed by atoms with Crippen LogP contribution in [0, 0.1) is 0 Å². The zero-order valence-corrected chi connectivity index (χ0v) is 14.7. The summed E-state index contributed by atoms with van der Waals surface area (Å²) in [5.74, 6) is -0.449. The van der Waals surface area contributed by atoms with Crippen LogP contribution in [0.1, 0.15) is 11.1 Å². The van der Waals surface area contributed by atoms with Gasteiger partial charge >= 0.3 is 5.97 Å². The van der Waals surface area contributed by atoms with Gasteiger partial charge in [0.1, 0.15) is 5.75 Å². The van der Waals surface area contributed by atoms with Gasteiger partial charge in [0.2, 0.25) is 5.91 Å². The van der Waals surface area contributed by atoms with E-state index in [0.717, 1.165) is 24.2 Å². The SMILES string of the molecule is CN(Cc1ccc(OCC(=O)O)cc1)C(=O)CN1CCc2ccccc21. The lowest BCUT2D eigenvalue weighted by Crippen LogP contribution is -2.37. The Kier molecular flexibility index (Phi) is 5.41. The van der Waals surface area contributed by atoms with Crippen LogP contribution in [0.25, 0.3) is 0 Å². The lowest BCUT2D eigenvalue weighted by atomic mass is 10.2. The zero-order valence-electron chi connectivity index (χ0n) is 14.7. The number of carbonyl (C=O) groups is 2. The van der Waals surface area contributed by atoms with E-state index < -0.39 is 5.97 Å². The van der Waals surface area contributed by atoms with Crippen LogP contribution in [0.5, 0.6) is 5.75 Å². The predicted octanol–water partition coefficient (Wildman–Crippen LogP) is 2.17. The highest BCUT2D eigenvalue weighted by molar-refractivity contribution is 5.82. The van der Waals surface area contributed by atoms with E-state index >= 15 is 0 Å². The summed E-state index contributed by atoms with van der Waals surface area (Å²) in [5, 5.41) is 8.61. The van der Waals surface area contributed by atoms with Crippen LogP contribution < -0.4 is 9.64 Å². The van der Waals surface area contributed by atoms with Gasteiger partial charge in [-0.2, -0.15) is 0 Å². The average Bonchev–Trinajstić information content (AvgIpc) is 3.04. The zero-order chi connectivity index (χ0) is 18.5. The number of rotatable bonds is 7. The van der Waals surface area contributed by atoms with Gasteiger partial charge in [-0.1, -0.05) is 30.3 Å². The Bertz CT molecular complexity index is 789. The lowest BCUT2D eigenvalue weighted by molar-refractivity contribution is -0.139. The molecule has 0 aliphatic carbocycles. The number of carbonyl (C=O) groups excluding carboxylic acids is 1. The molecule has 0 atom stereocenters. The number of carboxylic acids is 1. The number of ether oxygens (including phenoxy) is 1. The molecule has 2 aromatic carbocycles. The maximum absolute atomic E-state index is 12.6. The summed E-state index contributed by atoms with van der Waals surface area (Å²) in [4.78, 5) is 26.9. The number of likely N-dealkylation sites (N-methyl/N-ethyl adjacent to an activating group) is 1. The van der Waals surface area contributed by atoms with Crippen LogP contribution in [-0.4, -0.2) is 48.6 Å². The smallest absolute Gasteiger partial charge is 0.341 e. The number of nitrogens with zero attached hydrogens (tertiary/aromatic N) is 2. The third kappa shape index (κ3) is 4.33. The van der Waals surface area contributed by atoms with Gasteiger partial charge in [0.15, 0.2) is 6.61 Å². The monoisotopic (exact) mass is 354 g/mol. The first-order valence-corrected chi connectivity index (χ1v) is 8.53. The maximum Gasteiger partial charge on any atom is 0.341 e. The van der Waals surface area contributed by atoms with Crippen molar-refractivity contribution in [2.75, 3.05) is 31.6 Å². The Morgan fingerprint density at radius 2 is 1.88 bits per heavy atom. The second-order valence-corrected chi connectivity index (χ2v) is 6.38. The number of benzene rings is 2. The molecule has 136 valence electrons. The fourth-order valence-corrected chi connectivity index (χ4v) is 3.05. The van der Waals surface area contributed by atoms with E-state index in [9.17, 15) is 9.59 Å². The summed E-state index contributed by atoms with van der Waals surface area (Å²) in [7, 11) is 1.79. The summed E-state index contributed by atoms with van der Waals surface area (Å²) < 4.78 is 5.11. The fraction of sp³-hybridized carbons (Fsp3) is 0.300. The number of amides is 1. The van der Waals surface area contributed by atoms with E-state index in [2.05, 4.69) is 17.0 Å². The van der Waals surface area contributed by atoms with Gasteiger partial charge in [-0.05, 0) is 35.7 Å². The molecule has 0 spiro atoms. The van der Waals surface area contributed by atoms with Gasteiger partial charge in [-0.15, -0.1) is 0 Å². The molecule has 1 amide bonds. The summed E-state index contributed by atoms with van der Waals surface area (Å²) in [6, 6.07) is 15.3. The van der Waals surface area contributed by atoms with E-state index in [1.54, 1.807) is 24.1 Å². The molecule has 0 radical (unpaired) electrons. The lowest BCUT2D eigenvalue weighted by Gasteiger charge is -2.23. The second-order valence-electron chi connectivity index (χ2n) is 6.38. The molecule has 1 N–H and O–H groups in total. The first kappa shape index (κ1) is 17.8. The molecule has 6 nitrogen and oxygen atoms in total. The third-order valence-corrected chi connectivity index (χ3v) is 4.44. The normalized spacial score (nSPS) is 12.6. The molecule has 2 aromatic rings. The molecule has 0 saturated carbocycles. The van der Waals surface area contributed by atoms with Gasteiger partial charge < -0.3 is 19.6 Å². The minimum atomic E-state index is -1.01. The number of anilines is 1. The highest BCUT2D eigenvalue weighted by Crippen LogP contribution is 2.27. The van der Waals surface area contributed by atoms with Crippen molar-refractivity contribution in [1.82, 2.24) is 4.90 Å². The van der Waals surface area contributed by atoms with Gasteiger partial charge in [-0.3, -0.25) is 4.79 Å². The molecule has 1 aliphatic rings.